The zero-order valence-corrected chi connectivity index (χ0v) is 13.5. The minimum Gasteiger partial charge on any atom is -0.390 e. The van der Waals surface area contributed by atoms with Gasteiger partial charge in [0, 0.05) is 26.2 Å². The first-order valence-electron chi connectivity index (χ1n) is 8.21. The standard InChI is InChI=1S/C16H32N2O2/c1-4-6-10-18(11-7-5-2)15(19)14-17-12-8-16(3,20)9-13-17/h20H,4-14H2,1-3H3. The molecule has 0 spiro atoms. The van der Waals surface area contributed by atoms with Crippen molar-refractivity contribution < 1.29 is 9.90 Å². The van der Waals surface area contributed by atoms with Gasteiger partial charge < -0.3 is 10.0 Å². The Morgan fingerprint density at radius 3 is 2.10 bits per heavy atom. The molecule has 0 saturated carbocycles. The highest BCUT2D eigenvalue weighted by molar-refractivity contribution is 5.78. The Kier molecular flexibility index (Phi) is 7.52. The van der Waals surface area contributed by atoms with Crippen LogP contribution in [0.25, 0.3) is 0 Å². The maximum Gasteiger partial charge on any atom is 0.236 e. The van der Waals surface area contributed by atoms with Gasteiger partial charge in [-0.15, -0.1) is 0 Å². The van der Waals surface area contributed by atoms with Crippen LogP contribution in [0.1, 0.15) is 59.3 Å². The van der Waals surface area contributed by atoms with E-state index in [4.69, 9.17) is 0 Å². The van der Waals surface area contributed by atoms with Crippen LogP contribution in [0.4, 0.5) is 0 Å². The summed E-state index contributed by atoms with van der Waals surface area (Å²) in [7, 11) is 0. The first-order valence-corrected chi connectivity index (χ1v) is 8.21. The summed E-state index contributed by atoms with van der Waals surface area (Å²) >= 11 is 0. The molecule has 118 valence electrons. The zero-order chi connectivity index (χ0) is 15.0. The van der Waals surface area contributed by atoms with Crippen molar-refractivity contribution >= 4 is 5.91 Å². The number of nitrogens with zero attached hydrogens (tertiary/aromatic N) is 2. The Morgan fingerprint density at radius 2 is 1.65 bits per heavy atom. The average Bonchev–Trinajstić information content (AvgIpc) is 2.41. The van der Waals surface area contributed by atoms with Crippen molar-refractivity contribution in [2.24, 2.45) is 0 Å². The first kappa shape index (κ1) is 17.4. The van der Waals surface area contributed by atoms with Crippen molar-refractivity contribution in [1.29, 1.82) is 0 Å². The number of likely N-dealkylation sites (tertiary alicyclic amines) is 1. The fourth-order valence-electron chi connectivity index (χ4n) is 2.54. The highest BCUT2D eigenvalue weighted by Gasteiger charge is 2.28. The van der Waals surface area contributed by atoms with Gasteiger partial charge in [0.15, 0.2) is 0 Å². The molecule has 0 aromatic heterocycles. The lowest BCUT2D eigenvalue weighted by atomic mass is 9.94. The van der Waals surface area contributed by atoms with Crippen LogP contribution in [0.2, 0.25) is 0 Å². The van der Waals surface area contributed by atoms with Crippen LogP contribution in [-0.4, -0.2) is 59.1 Å². The van der Waals surface area contributed by atoms with Crippen LogP contribution in [-0.2, 0) is 4.79 Å². The summed E-state index contributed by atoms with van der Waals surface area (Å²) < 4.78 is 0. The highest BCUT2D eigenvalue weighted by Crippen LogP contribution is 2.20. The lowest BCUT2D eigenvalue weighted by Gasteiger charge is -2.36. The summed E-state index contributed by atoms with van der Waals surface area (Å²) in [5.74, 6) is 0.258. The van der Waals surface area contributed by atoms with Gasteiger partial charge in [-0.25, -0.2) is 0 Å². The van der Waals surface area contributed by atoms with E-state index in [1.54, 1.807) is 0 Å². The normalized spacial score (nSPS) is 19.0. The molecule has 4 heteroatoms. The minimum absolute atomic E-state index is 0.258. The average molecular weight is 284 g/mol. The smallest absolute Gasteiger partial charge is 0.236 e. The predicted molar refractivity (Wildman–Crippen MR) is 82.7 cm³/mol. The highest BCUT2D eigenvalue weighted by atomic mass is 16.3. The zero-order valence-electron chi connectivity index (χ0n) is 13.5. The molecular weight excluding hydrogens is 252 g/mol. The number of carbonyl (C=O) groups excluding carboxylic acids is 1. The van der Waals surface area contributed by atoms with Crippen LogP contribution in [0, 0.1) is 0 Å². The largest absolute Gasteiger partial charge is 0.390 e. The van der Waals surface area contributed by atoms with Gasteiger partial charge >= 0.3 is 0 Å². The third-order valence-electron chi connectivity index (χ3n) is 4.21. The summed E-state index contributed by atoms with van der Waals surface area (Å²) in [6.45, 7) is 10.2. The third-order valence-corrected chi connectivity index (χ3v) is 4.21. The van der Waals surface area contributed by atoms with Gasteiger partial charge in [-0.2, -0.15) is 0 Å². The number of hydrogen-bond acceptors (Lipinski definition) is 3. The predicted octanol–water partition coefficient (Wildman–Crippen LogP) is 2.26. The molecule has 1 amide bonds. The van der Waals surface area contributed by atoms with Crippen LogP contribution >= 0.6 is 0 Å². The molecule has 0 atom stereocenters. The van der Waals surface area contributed by atoms with Crippen molar-refractivity contribution in [2.45, 2.75) is 64.9 Å². The number of piperidine rings is 1. The molecular formula is C16H32N2O2. The van der Waals surface area contributed by atoms with E-state index < -0.39 is 5.60 Å². The number of hydrogen-bond donors (Lipinski definition) is 1. The summed E-state index contributed by atoms with van der Waals surface area (Å²) in [5.41, 5.74) is -0.538. The maximum atomic E-state index is 12.4. The van der Waals surface area contributed by atoms with Gasteiger partial charge in [0.05, 0.1) is 12.1 Å². The molecule has 1 heterocycles. The molecule has 4 nitrogen and oxygen atoms in total. The van der Waals surface area contributed by atoms with Gasteiger partial charge in [0.1, 0.15) is 0 Å². The summed E-state index contributed by atoms with van der Waals surface area (Å²) in [4.78, 5) is 16.6. The third kappa shape index (κ3) is 6.23. The van der Waals surface area contributed by atoms with E-state index in [-0.39, 0.29) is 5.91 Å². The van der Waals surface area contributed by atoms with Crippen molar-refractivity contribution in [3.8, 4) is 0 Å². The molecule has 1 aliphatic heterocycles. The molecule has 20 heavy (non-hydrogen) atoms. The van der Waals surface area contributed by atoms with Crippen LogP contribution < -0.4 is 0 Å². The summed E-state index contributed by atoms with van der Waals surface area (Å²) in [6, 6.07) is 0. The van der Waals surface area contributed by atoms with Crippen LogP contribution in [0.5, 0.6) is 0 Å². The monoisotopic (exact) mass is 284 g/mol. The molecule has 1 fully saturated rings. The van der Waals surface area contributed by atoms with Gasteiger partial charge in [-0.05, 0) is 32.6 Å². The SMILES string of the molecule is CCCCN(CCCC)C(=O)CN1CCC(C)(O)CC1. The molecule has 0 radical (unpaired) electrons. The second-order valence-electron chi connectivity index (χ2n) is 6.36. The molecule has 0 aromatic carbocycles. The second kappa shape index (κ2) is 8.63. The first-order chi connectivity index (χ1) is 9.48. The maximum absolute atomic E-state index is 12.4. The number of carbonyl (C=O) groups is 1. The van der Waals surface area contributed by atoms with E-state index in [1.165, 1.54) is 0 Å². The fourth-order valence-corrected chi connectivity index (χ4v) is 2.54. The van der Waals surface area contributed by atoms with E-state index in [0.29, 0.717) is 6.54 Å². The van der Waals surface area contributed by atoms with Crippen molar-refractivity contribution in [3.63, 3.8) is 0 Å². The Morgan fingerprint density at radius 1 is 1.15 bits per heavy atom. The number of aliphatic hydroxyl groups is 1. The number of amides is 1. The van der Waals surface area contributed by atoms with E-state index in [2.05, 4.69) is 18.7 Å². The molecule has 1 saturated heterocycles. The Labute approximate surface area is 124 Å². The molecule has 0 unspecified atom stereocenters. The topological polar surface area (TPSA) is 43.8 Å². The van der Waals surface area contributed by atoms with E-state index in [0.717, 1.165) is 64.7 Å². The quantitative estimate of drug-likeness (QED) is 0.743. The van der Waals surface area contributed by atoms with Crippen molar-refractivity contribution in [3.05, 3.63) is 0 Å². The van der Waals surface area contributed by atoms with Gasteiger partial charge in [0.25, 0.3) is 0 Å². The van der Waals surface area contributed by atoms with Crippen molar-refractivity contribution in [1.82, 2.24) is 9.80 Å². The molecule has 1 N–H and O–H groups in total. The molecule has 1 aliphatic rings. The molecule has 0 aliphatic carbocycles. The molecule has 1 rings (SSSR count). The minimum atomic E-state index is -0.538. The van der Waals surface area contributed by atoms with Crippen LogP contribution in [0.3, 0.4) is 0 Å². The lowest BCUT2D eigenvalue weighted by molar-refractivity contribution is -0.133. The Hall–Kier alpha value is -0.610. The Balaban J connectivity index is 2.40. The fraction of sp³-hybridized carbons (Fsp3) is 0.938. The van der Waals surface area contributed by atoms with E-state index in [1.807, 2.05) is 11.8 Å². The van der Waals surface area contributed by atoms with Gasteiger partial charge in [-0.3, -0.25) is 9.69 Å². The van der Waals surface area contributed by atoms with Crippen molar-refractivity contribution in [2.75, 3.05) is 32.7 Å². The molecule has 0 bridgehead atoms. The summed E-state index contributed by atoms with van der Waals surface area (Å²) in [5, 5.41) is 9.95. The molecule has 0 aromatic rings. The van der Waals surface area contributed by atoms with Crippen LogP contribution in [0.15, 0.2) is 0 Å². The number of rotatable bonds is 8. The second-order valence-corrected chi connectivity index (χ2v) is 6.36. The van der Waals surface area contributed by atoms with E-state index >= 15 is 0 Å². The Bertz CT molecular complexity index is 274. The summed E-state index contributed by atoms with van der Waals surface area (Å²) in [6.07, 6.45) is 5.97. The lowest BCUT2D eigenvalue weighted by Crippen LogP contribution is -2.47. The number of unbranched alkanes of at least 4 members (excludes halogenated alkanes) is 2. The van der Waals surface area contributed by atoms with E-state index in [9.17, 15) is 9.90 Å². The van der Waals surface area contributed by atoms with Gasteiger partial charge in [-0.1, -0.05) is 26.7 Å². The van der Waals surface area contributed by atoms with Gasteiger partial charge in [0.2, 0.25) is 5.91 Å².